The van der Waals surface area contributed by atoms with Gasteiger partial charge in [0.05, 0.1) is 29.2 Å². The molecule has 0 bridgehead atoms. The van der Waals surface area contributed by atoms with Crippen molar-refractivity contribution in [3.05, 3.63) is 104 Å². The van der Waals surface area contributed by atoms with Crippen LogP contribution in [0.3, 0.4) is 0 Å². The van der Waals surface area contributed by atoms with Crippen LogP contribution in [0.15, 0.2) is 80.4 Å². The van der Waals surface area contributed by atoms with Gasteiger partial charge in [-0.25, -0.2) is 4.79 Å². The minimum absolute atomic E-state index is 0.00597. The summed E-state index contributed by atoms with van der Waals surface area (Å²) in [5, 5.41) is 10.5. The van der Waals surface area contributed by atoms with Crippen molar-refractivity contribution < 1.29 is 23.8 Å². The summed E-state index contributed by atoms with van der Waals surface area (Å²) in [6, 6.07) is 17.1. The first kappa shape index (κ1) is 23.8. The van der Waals surface area contributed by atoms with Gasteiger partial charge in [-0.3, -0.25) is 14.5 Å². The van der Waals surface area contributed by atoms with Crippen LogP contribution in [0.1, 0.15) is 57.8 Å². The molecule has 0 aliphatic carbocycles. The predicted octanol–water partition coefficient (Wildman–Crippen LogP) is 5.97. The molecule has 182 valence electrons. The minimum Gasteiger partial charge on any atom is -0.508 e. The number of fused-ring (bicyclic) bond motifs is 2. The number of esters is 1. The highest BCUT2D eigenvalue weighted by Crippen LogP contribution is 2.42. The number of amides is 1. The first-order valence-corrected chi connectivity index (χ1v) is 12.3. The van der Waals surface area contributed by atoms with Crippen LogP contribution in [0, 0.1) is 0 Å². The van der Waals surface area contributed by atoms with Crippen molar-refractivity contribution in [3.63, 3.8) is 0 Å². The lowest BCUT2D eigenvalue weighted by atomic mass is 9.98. The lowest BCUT2D eigenvalue weighted by molar-refractivity contribution is 0.0499. The van der Waals surface area contributed by atoms with Gasteiger partial charge in [0.15, 0.2) is 5.43 Å². The molecule has 0 spiro atoms. The van der Waals surface area contributed by atoms with Crippen molar-refractivity contribution in [3.8, 4) is 5.75 Å². The Morgan fingerprint density at radius 2 is 1.86 bits per heavy atom. The average Bonchev–Trinajstić information content (AvgIpc) is 3.17. The molecule has 2 heterocycles. The van der Waals surface area contributed by atoms with Crippen LogP contribution in [0.4, 0.5) is 5.69 Å². The van der Waals surface area contributed by atoms with Crippen LogP contribution in [0.5, 0.6) is 5.75 Å². The monoisotopic (exact) mass is 547 g/mol. The number of halogens is 1. The zero-order valence-electron chi connectivity index (χ0n) is 19.4. The van der Waals surface area contributed by atoms with E-state index >= 15 is 0 Å². The number of carbonyl (C=O) groups is 2. The Labute approximate surface area is 215 Å². The van der Waals surface area contributed by atoms with E-state index in [1.165, 1.54) is 17.0 Å². The molecule has 5 rings (SSSR count). The third-order valence-electron chi connectivity index (χ3n) is 6.13. The molecule has 1 aliphatic heterocycles. The first-order valence-electron chi connectivity index (χ1n) is 11.5. The third kappa shape index (κ3) is 4.18. The van der Waals surface area contributed by atoms with Crippen molar-refractivity contribution >= 4 is 44.5 Å². The molecule has 1 aromatic heterocycles. The molecule has 1 amide bonds. The largest absolute Gasteiger partial charge is 0.508 e. The Hall–Kier alpha value is -3.91. The van der Waals surface area contributed by atoms with Crippen LogP contribution >= 0.6 is 15.9 Å². The maximum Gasteiger partial charge on any atom is 0.338 e. The number of aromatic hydroxyl groups is 1. The molecule has 3 aromatic carbocycles. The summed E-state index contributed by atoms with van der Waals surface area (Å²) in [7, 11) is 0. The Morgan fingerprint density at radius 1 is 1.08 bits per heavy atom. The number of rotatable bonds is 6. The van der Waals surface area contributed by atoms with E-state index in [0.29, 0.717) is 38.9 Å². The lowest BCUT2D eigenvalue weighted by Gasteiger charge is -2.25. The molecular formula is C28H22BrNO6. The van der Waals surface area contributed by atoms with E-state index in [2.05, 4.69) is 15.9 Å². The van der Waals surface area contributed by atoms with Gasteiger partial charge >= 0.3 is 5.97 Å². The number of nitrogens with zero attached hydrogens (tertiary/aromatic N) is 1. The maximum atomic E-state index is 13.7. The highest BCUT2D eigenvalue weighted by atomic mass is 79.9. The molecule has 0 radical (unpaired) electrons. The van der Waals surface area contributed by atoms with E-state index in [-0.39, 0.29) is 22.5 Å². The van der Waals surface area contributed by atoms with Gasteiger partial charge in [-0.15, -0.1) is 0 Å². The van der Waals surface area contributed by atoms with E-state index in [9.17, 15) is 19.5 Å². The fraction of sp³-hybridized carbons (Fsp3) is 0.179. The highest BCUT2D eigenvalue weighted by molar-refractivity contribution is 9.10. The average molecular weight is 548 g/mol. The van der Waals surface area contributed by atoms with Crippen molar-refractivity contribution in [2.45, 2.75) is 25.8 Å². The summed E-state index contributed by atoms with van der Waals surface area (Å²) in [5.74, 6) is -0.972. The van der Waals surface area contributed by atoms with Gasteiger partial charge in [-0.05, 0) is 66.6 Å². The van der Waals surface area contributed by atoms with Gasteiger partial charge in [-0.2, -0.15) is 0 Å². The summed E-state index contributed by atoms with van der Waals surface area (Å²) in [6.45, 7) is 2.35. The molecule has 1 aliphatic rings. The summed E-state index contributed by atoms with van der Waals surface area (Å²) in [4.78, 5) is 41.1. The van der Waals surface area contributed by atoms with Gasteiger partial charge in [0.1, 0.15) is 11.3 Å². The molecule has 1 atom stereocenters. The van der Waals surface area contributed by atoms with E-state index in [4.69, 9.17) is 9.15 Å². The fourth-order valence-electron chi connectivity index (χ4n) is 4.37. The zero-order chi connectivity index (χ0) is 25.4. The smallest absolute Gasteiger partial charge is 0.338 e. The molecule has 1 N–H and O–H groups in total. The quantitative estimate of drug-likeness (QED) is 0.236. The van der Waals surface area contributed by atoms with Crippen LogP contribution in [-0.2, 0) is 4.74 Å². The summed E-state index contributed by atoms with van der Waals surface area (Å²) in [5.41, 5.74) is 1.54. The molecule has 4 aromatic rings. The van der Waals surface area contributed by atoms with Gasteiger partial charge < -0.3 is 14.3 Å². The Morgan fingerprint density at radius 3 is 2.58 bits per heavy atom. The number of unbranched alkanes of at least 4 members (excludes halogenated alkanes) is 1. The van der Waals surface area contributed by atoms with E-state index < -0.39 is 17.9 Å². The number of carbonyl (C=O) groups excluding carboxylic acids is 2. The zero-order valence-corrected chi connectivity index (χ0v) is 20.9. The number of hydrogen-bond acceptors (Lipinski definition) is 6. The number of benzene rings is 3. The summed E-state index contributed by atoms with van der Waals surface area (Å²) in [6.07, 6.45) is 1.70. The standard InChI is InChI=1S/C28H22BrNO6/c1-2-3-13-35-28(34)16-7-10-19(11-8-16)30-24(17-5-4-6-20(31)14-17)23-25(32)21-15-18(29)9-12-22(21)36-26(23)27(30)33/h4-12,14-15,24,31H,2-3,13H2,1H3. The van der Waals surface area contributed by atoms with Gasteiger partial charge in [0.2, 0.25) is 5.76 Å². The van der Waals surface area contributed by atoms with Gasteiger partial charge in [0, 0.05) is 10.2 Å². The van der Waals surface area contributed by atoms with Crippen molar-refractivity contribution in [2.24, 2.45) is 0 Å². The number of phenolic OH excluding ortho intramolecular Hbond substituents is 1. The van der Waals surface area contributed by atoms with Gasteiger partial charge in [-0.1, -0.05) is 41.4 Å². The van der Waals surface area contributed by atoms with Crippen molar-refractivity contribution in [1.29, 1.82) is 0 Å². The number of phenols is 1. The Bertz CT molecular complexity index is 1540. The molecule has 36 heavy (non-hydrogen) atoms. The summed E-state index contributed by atoms with van der Waals surface area (Å²) < 4.78 is 11.9. The fourth-order valence-corrected chi connectivity index (χ4v) is 4.73. The second-order valence-corrected chi connectivity index (χ2v) is 9.44. The van der Waals surface area contributed by atoms with E-state index in [1.54, 1.807) is 54.6 Å². The van der Waals surface area contributed by atoms with Crippen molar-refractivity contribution in [2.75, 3.05) is 11.5 Å². The van der Waals surface area contributed by atoms with Crippen LogP contribution in [-0.4, -0.2) is 23.6 Å². The number of ether oxygens (including phenoxy) is 1. The molecule has 7 nitrogen and oxygen atoms in total. The minimum atomic E-state index is -0.832. The first-order chi connectivity index (χ1) is 17.4. The number of anilines is 1. The second-order valence-electron chi connectivity index (χ2n) is 8.52. The van der Waals surface area contributed by atoms with E-state index in [1.807, 2.05) is 6.92 Å². The highest BCUT2D eigenvalue weighted by Gasteiger charge is 2.43. The lowest BCUT2D eigenvalue weighted by Crippen LogP contribution is -2.29. The molecule has 0 saturated carbocycles. The molecule has 0 saturated heterocycles. The molecular weight excluding hydrogens is 526 g/mol. The number of hydrogen-bond donors (Lipinski definition) is 1. The third-order valence-corrected chi connectivity index (χ3v) is 6.62. The van der Waals surface area contributed by atoms with Gasteiger partial charge in [0.25, 0.3) is 5.91 Å². The Balaban J connectivity index is 1.63. The van der Waals surface area contributed by atoms with Crippen LogP contribution in [0.2, 0.25) is 0 Å². The second kappa shape index (κ2) is 9.62. The maximum absolute atomic E-state index is 13.7. The Kier molecular flexibility index (Phi) is 6.36. The van der Waals surface area contributed by atoms with Crippen LogP contribution < -0.4 is 10.3 Å². The van der Waals surface area contributed by atoms with Crippen molar-refractivity contribution in [1.82, 2.24) is 0 Å². The molecule has 0 fully saturated rings. The topological polar surface area (TPSA) is 97.0 Å². The predicted molar refractivity (Wildman–Crippen MR) is 139 cm³/mol. The molecule has 8 heteroatoms. The van der Waals surface area contributed by atoms with Crippen LogP contribution in [0.25, 0.3) is 11.0 Å². The normalized spacial score (nSPS) is 14.8. The summed E-state index contributed by atoms with van der Waals surface area (Å²) >= 11 is 3.39. The molecule has 1 unspecified atom stereocenters. The SMILES string of the molecule is CCCCOC(=O)c1ccc(N2C(=O)c3oc4ccc(Br)cc4c(=O)c3C2c2cccc(O)c2)cc1. The van der Waals surface area contributed by atoms with E-state index in [0.717, 1.165) is 12.8 Å².